The number of anilines is 1. The summed E-state index contributed by atoms with van der Waals surface area (Å²) in [6.07, 6.45) is 2.34. The molecule has 2 N–H and O–H groups in total. The summed E-state index contributed by atoms with van der Waals surface area (Å²) in [7, 11) is 1.66. The molecular formula is C16H22N2O2. The van der Waals surface area contributed by atoms with Crippen LogP contribution in [-0.2, 0) is 4.79 Å². The Labute approximate surface area is 119 Å². The summed E-state index contributed by atoms with van der Waals surface area (Å²) in [5.41, 5.74) is 7.88. The van der Waals surface area contributed by atoms with Crippen molar-refractivity contribution in [3.63, 3.8) is 0 Å². The van der Waals surface area contributed by atoms with Crippen molar-refractivity contribution in [2.75, 3.05) is 25.9 Å². The van der Waals surface area contributed by atoms with Gasteiger partial charge in [-0.25, -0.2) is 0 Å². The molecule has 1 unspecified atom stereocenters. The number of carbonyl (C=O) groups is 1. The second-order valence-corrected chi connectivity index (χ2v) is 6.11. The van der Waals surface area contributed by atoms with Crippen molar-refractivity contribution in [1.29, 1.82) is 0 Å². The third-order valence-electron chi connectivity index (χ3n) is 4.93. The molecule has 1 aromatic carbocycles. The van der Waals surface area contributed by atoms with Gasteiger partial charge >= 0.3 is 0 Å². The van der Waals surface area contributed by atoms with Crippen LogP contribution in [0.25, 0.3) is 0 Å². The highest BCUT2D eigenvalue weighted by Crippen LogP contribution is 2.46. The third kappa shape index (κ3) is 2.23. The molecule has 0 spiro atoms. The maximum atomic E-state index is 11.4. The summed E-state index contributed by atoms with van der Waals surface area (Å²) in [4.78, 5) is 13.4. The number of likely N-dealkylation sites (tertiary alicyclic amines) is 1. The van der Waals surface area contributed by atoms with E-state index < -0.39 is 0 Å². The first kappa shape index (κ1) is 13.3. The van der Waals surface area contributed by atoms with Gasteiger partial charge < -0.3 is 15.4 Å². The lowest BCUT2D eigenvalue weighted by Gasteiger charge is -2.18. The van der Waals surface area contributed by atoms with E-state index in [4.69, 9.17) is 10.5 Å². The van der Waals surface area contributed by atoms with Crippen molar-refractivity contribution < 1.29 is 9.53 Å². The lowest BCUT2D eigenvalue weighted by molar-refractivity contribution is -0.128. The average Bonchev–Trinajstić information content (AvgIpc) is 2.97. The van der Waals surface area contributed by atoms with Gasteiger partial charge in [0.05, 0.1) is 12.8 Å². The van der Waals surface area contributed by atoms with Crippen LogP contribution in [0, 0.1) is 11.8 Å². The van der Waals surface area contributed by atoms with Crippen molar-refractivity contribution in [3.05, 3.63) is 23.8 Å². The largest absolute Gasteiger partial charge is 0.495 e. The molecule has 1 amide bonds. The highest BCUT2D eigenvalue weighted by molar-refractivity contribution is 5.73. The Kier molecular flexibility index (Phi) is 3.32. The molecule has 1 aliphatic carbocycles. The highest BCUT2D eigenvalue weighted by atomic mass is 16.5. The Bertz CT molecular complexity index is 515. The molecule has 108 valence electrons. The Morgan fingerprint density at radius 3 is 2.50 bits per heavy atom. The normalized spacial score (nSPS) is 28.5. The molecule has 1 aliphatic heterocycles. The quantitative estimate of drug-likeness (QED) is 0.842. The first-order valence-corrected chi connectivity index (χ1v) is 7.27. The molecule has 0 bridgehead atoms. The van der Waals surface area contributed by atoms with Gasteiger partial charge in [0.25, 0.3) is 0 Å². The van der Waals surface area contributed by atoms with E-state index >= 15 is 0 Å². The number of hydrogen-bond donors (Lipinski definition) is 1. The average molecular weight is 274 g/mol. The van der Waals surface area contributed by atoms with Gasteiger partial charge in [-0.1, -0.05) is 6.07 Å². The van der Waals surface area contributed by atoms with Crippen LogP contribution < -0.4 is 10.5 Å². The Morgan fingerprint density at radius 1 is 1.30 bits per heavy atom. The van der Waals surface area contributed by atoms with E-state index in [0.29, 0.717) is 23.4 Å². The molecule has 1 saturated heterocycles. The summed E-state index contributed by atoms with van der Waals surface area (Å²) in [5.74, 6) is 2.88. The summed E-state index contributed by atoms with van der Waals surface area (Å²) >= 11 is 0. The number of hydrogen-bond acceptors (Lipinski definition) is 3. The van der Waals surface area contributed by atoms with Crippen LogP contribution in [0.15, 0.2) is 18.2 Å². The standard InChI is InChI=1S/C16H22N2O2/c1-10(19)18-8-13-5-12(6-14(13)9-18)11-3-4-15(17)16(7-11)20-2/h3-4,7,12-14H,5-6,8-9,17H2,1-2H3/t12?,13-,14+. The molecule has 4 nitrogen and oxygen atoms in total. The van der Waals surface area contributed by atoms with Crippen molar-refractivity contribution in [3.8, 4) is 5.75 Å². The monoisotopic (exact) mass is 274 g/mol. The first-order valence-electron chi connectivity index (χ1n) is 7.27. The Hall–Kier alpha value is -1.71. The molecular weight excluding hydrogens is 252 g/mol. The van der Waals surface area contributed by atoms with Crippen LogP contribution in [0.4, 0.5) is 5.69 Å². The predicted octanol–water partition coefficient (Wildman–Crippen LogP) is 2.25. The molecule has 0 radical (unpaired) electrons. The van der Waals surface area contributed by atoms with Gasteiger partial charge in [-0.2, -0.15) is 0 Å². The topological polar surface area (TPSA) is 55.6 Å². The molecule has 0 aromatic heterocycles. The second-order valence-electron chi connectivity index (χ2n) is 6.11. The van der Waals surface area contributed by atoms with E-state index in [1.54, 1.807) is 14.0 Å². The maximum Gasteiger partial charge on any atom is 0.219 e. The summed E-state index contributed by atoms with van der Waals surface area (Å²) in [6, 6.07) is 6.13. The minimum atomic E-state index is 0.213. The zero-order valence-corrected chi connectivity index (χ0v) is 12.1. The van der Waals surface area contributed by atoms with E-state index in [-0.39, 0.29) is 5.91 Å². The van der Waals surface area contributed by atoms with E-state index in [1.165, 1.54) is 18.4 Å². The third-order valence-corrected chi connectivity index (χ3v) is 4.93. The van der Waals surface area contributed by atoms with E-state index in [2.05, 4.69) is 12.1 Å². The van der Waals surface area contributed by atoms with E-state index in [9.17, 15) is 4.79 Å². The summed E-state index contributed by atoms with van der Waals surface area (Å²) < 4.78 is 5.31. The number of rotatable bonds is 2. The zero-order chi connectivity index (χ0) is 14.3. The number of nitrogens with zero attached hydrogens (tertiary/aromatic N) is 1. The van der Waals surface area contributed by atoms with Crippen LogP contribution >= 0.6 is 0 Å². The van der Waals surface area contributed by atoms with Gasteiger partial charge in [-0.3, -0.25) is 4.79 Å². The van der Waals surface area contributed by atoms with Crippen molar-refractivity contribution in [1.82, 2.24) is 4.90 Å². The number of fused-ring (bicyclic) bond motifs is 1. The second kappa shape index (κ2) is 5.00. The predicted molar refractivity (Wildman–Crippen MR) is 78.6 cm³/mol. The first-order chi connectivity index (χ1) is 9.58. The van der Waals surface area contributed by atoms with Crippen LogP contribution in [0.3, 0.4) is 0 Å². The minimum absolute atomic E-state index is 0.213. The lowest BCUT2D eigenvalue weighted by Crippen LogP contribution is -2.27. The molecule has 1 heterocycles. The molecule has 20 heavy (non-hydrogen) atoms. The van der Waals surface area contributed by atoms with E-state index in [0.717, 1.165) is 18.8 Å². The summed E-state index contributed by atoms with van der Waals surface area (Å²) in [6.45, 7) is 3.54. The fourth-order valence-corrected chi connectivity index (χ4v) is 3.81. The molecule has 3 rings (SSSR count). The smallest absolute Gasteiger partial charge is 0.219 e. The minimum Gasteiger partial charge on any atom is -0.495 e. The lowest BCUT2D eigenvalue weighted by atomic mass is 9.95. The summed E-state index contributed by atoms with van der Waals surface area (Å²) in [5, 5.41) is 0. The van der Waals surface area contributed by atoms with Crippen LogP contribution in [0.2, 0.25) is 0 Å². The Balaban J connectivity index is 1.72. The molecule has 4 heteroatoms. The van der Waals surface area contributed by atoms with Crippen molar-refractivity contribution in [2.24, 2.45) is 11.8 Å². The van der Waals surface area contributed by atoms with Crippen LogP contribution in [0.1, 0.15) is 31.2 Å². The molecule has 1 saturated carbocycles. The number of nitrogen functional groups attached to an aromatic ring is 1. The SMILES string of the molecule is COc1cc(C2C[C@@H]3CN(C(C)=O)C[C@@H]3C2)ccc1N. The highest BCUT2D eigenvalue weighted by Gasteiger charge is 2.42. The Morgan fingerprint density at radius 2 is 1.95 bits per heavy atom. The number of ether oxygens (including phenoxy) is 1. The molecule has 2 fully saturated rings. The molecule has 3 atom stereocenters. The number of nitrogens with two attached hydrogens (primary N) is 1. The van der Waals surface area contributed by atoms with Gasteiger partial charge in [-0.15, -0.1) is 0 Å². The number of methoxy groups -OCH3 is 1. The zero-order valence-electron chi connectivity index (χ0n) is 12.1. The fraction of sp³-hybridized carbons (Fsp3) is 0.562. The van der Waals surface area contributed by atoms with Gasteiger partial charge in [-0.05, 0) is 48.3 Å². The molecule has 2 aliphatic rings. The number of carbonyl (C=O) groups excluding carboxylic acids is 1. The van der Waals surface area contributed by atoms with E-state index in [1.807, 2.05) is 11.0 Å². The molecule has 1 aromatic rings. The van der Waals surface area contributed by atoms with Gasteiger partial charge in [0.15, 0.2) is 0 Å². The number of benzene rings is 1. The van der Waals surface area contributed by atoms with Crippen LogP contribution in [0.5, 0.6) is 5.75 Å². The van der Waals surface area contributed by atoms with Gasteiger partial charge in [0, 0.05) is 20.0 Å². The fourth-order valence-electron chi connectivity index (χ4n) is 3.81. The number of amides is 1. The van der Waals surface area contributed by atoms with Gasteiger partial charge in [0.1, 0.15) is 5.75 Å². The van der Waals surface area contributed by atoms with Crippen LogP contribution in [-0.4, -0.2) is 31.0 Å². The van der Waals surface area contributed by atoms with Crippen molar-refractivity contribution >= 4 is 11.6 Å². The maximum absolute atomic E-state index is 11.4. The van der Waals surface area contributed by atoms with Crippen molar-refractivity contribution in [2.45, 2.75) is 25.7 Å². The van der Waals surface area contributed by atoms with Gasteiger partial charge in [0.2, 0.25) is 5.91 Å².